The van der Waals surface area contributed by atoms with Crippen LogP contribution in [0.15, 0.2) is 41.3 Å². The van der Waals surface area contributed by atoms with Gasteiger partial charge in [-0.1, -0.05) is 29.3 Å². The average Bonchev–Trinajstić information content (AvgIpc) is 3.30. The SMILES string of the molecule is Cc1[nH]c(/C=C2\C(=O)Nc3ccc(S(=O)Cc4c(Cl)cccc4Cl)cc32)c(C)c1CN1C[C@@H](C)N[C@@H](C)C1. The van der Waals surface area contributed by atoms with Crippen molar-refractivity contribution in [1.82, 2.24) is 15.2 Å². The van der Waals surface area contributed by atoms with Crippen LogP contribution in [0.2, 0.25) is 10.0 Å². The normalized spacial score (nSPS) is 21.5. The third-order valence-electron chi connectivity index (χ3n) is 7.31. The first kappa shape index (κ1) is 27.2. The molecule has 38 heavy (non-hydrogen) atoms. The number of hydrogen-bond acceptors (Lipinski definition) is 4. The highest BCUT2D eigenvalue weighted by Crippen LogP contribution is 2.36. The van der Waals surface area contributed by atoms with Crippen molar-refractivity contribution in [2.24, 2.45) is 0 Å². The van der Waals surface area contributed by atoms with Crippen LogP contribution in [0.1, 0.15) is 47.5 Å². The Morgan fingerprint density at radius 1 is 1.05 bits per heavy atom. The van der Waals surface area contributed by atoms with Crippen LogP contribution >= 0.6 is 23.2 Å². The van der Waals surface area contributed by atoms with Crippen molar-refractivity contribution in [2.45, 2.75) is 57.0 Å². The number of halogens is 2. The van der Waals surface area contributed by atoms with Crippen molar-refractivity contribution in [3.63, 3.8) is 0 Å². The van der Waals surface area contributed by atoms with Crippen LogP contribution in [0.5, 0.6) is 0 Å². The number of anilines is 1. The molecule has 3 N–H and O–H groups in total. The largest absolute Gasteiger partial charge is 0.359 e. The monoisotopic (exact) mass is 570 g/mol. The number of aryl methyl sites for hydroxylation is 1. The predicted molar refractivity (Wildman–Crippen MR) is 157 cm³/mol. The lowest BCUT2D eigenvalue weighted by Crippen LogP contribution is -2.53. The number of aromatic amines is 1. The van der Waals surface area contributed by atoms with E-state index in [1.807, 2.05) is 12.1 Å². The molecule has 200 valence electrons. The fourth-order valence-corrected chi connectivity index (χ4v) is 7.37. The predicted octanol–water partition coefficient (Wildman–Crippen LogP) is 5.92. The van der Waals surface area contributed by atoms with E-state index in [0.29, 0.717) is 43.8 Å². The van der Waals surface area contributed by atoms with Gasteiger partial charge in [0.2, 0.25) is 0 Å². The molecule has 0 aliphatic carbocycles. The molecule has 3 heterocycles. The minimum Gasteiger partial charge on any atom is -0.359 e. The number of nitrogens with one attached hydrogen (secondary N) is 3. The van der Waals surface area contributed by atoms with Gasteiger partial charge in [0.15, 0.2) is 0 Å². The lowest BCUT2D eigenvalue weighted by Gasteiger charge is -2.36. The molecule has 0 saturated carbocycles. The van der Waals surface area contributed by atoms with Gasteiger partial charge >= 0.3 is 0 Å². The Bertz CT molecular complexity index is 1430. The van der Waals surface area contributed by atoms with E-state index in [-0.39, 0.29) is 11.7 Å². The number of amides is 1. The summed E-state index contributed by atoms with van der Waals surface area (Å²) >= 11 is 12.6. The van der Waals surface area contributed by atoms with Gasteiger partial charge in [-0.05, 0) is 75.2 Å². The third kappa shape index (κ3) is 5.49. The van der Waals surface area contributed by atoms with E-state index in [1.54, 1.807) is 30.3 Å². The molecule has 5 rings (SSSR count). The number of carbonyl (C=O) groups excluding carboxylic acids is 1. The highest BCUT2D eigenvalue weighted by Gasteiger charge is 2.27. The number of aromatic nitrogens is 1. The molecule has 0 bridgehead atoms. The zero-order chi connectivity index (χ0) is 27.1. The topological polar surface area (TPSA) is 77.2 Å². The number of benzene rings is 2. The molecule has 1 amide bonds. The Balaban J connectivity index is 1.42. The second-order valence-electron chi connectivity index (χ2n) is 10.3. The minimum absolute atomic E-state index is 0.171. The smallest absolute Gasteiger partial charge is 0.256 e. The van der Waals surface area contributed by atoms with Crippen LogP contribution in [-0.4, -0.2) is 45.2 Å². The Morgan fingerprint density at radius 2 is 1.74 bits per heavy atom. The van der Waals surface area contributed by atoms with Gasteiger partial charge in [0, 0.05) is 74.9 Å². The van der Waals surface area contributed by atoms with Gasteiger partial charge in [0.1, 0.15) is 0 Å². The summed E-state index contributed by atoms with van der Waals surface area (Å²) in [6.45, 7) is 11.5. The second kappa shape index (κ2) is 11.0. The maximum absolute atomic E-state index is 13.3. The number of H-pyrrole nitrogens is 1. The second-order valence-corrected chi connectivity index (χ2v) is 12.6. The molecule has 3 atom stereocenters. The number of carbonyl (C=O) groups is 1. The average molecular weight is 572 g/mol. The molecule has 2 aromatic carbocycles. The molecular formula is C29H32Cl2N4O2S. The van der Waals surface area contributed by atoms with Crippen molar-refractivity contribution in [1.29, 1.82) is 0 Å². The lowest BCUT2D eigenvalue weighted by molar-refractivity contribution is -0.110. The van der Waals surface area contributed by atoms with Crippen LogP contribution in [0.3, 0.4) is 0 Å². The summed E-state index contributed by atoms with van der Waals surface area (Å²) in [4.78, 5) is 19.6. The molecule has 3 aromatic rings. The fourth-order valence-electron chi connectivity index (χ4n) is 5.47. The number of piperazine rings is 1. The summed E-state index contributed by atoms with van der Waals surface area (Å²) in [5.41, 5.74) is 7.09. The first-order chi connectivity index (χ1) is 18.1. The van der Waals surface area contributed by atoms with Crippen LogP contribution in [0.25, 0.3) is 11.6 Å². The fraction of sp³-hybridized carbons (Fsp3) is 0.345. The maximum Gasteiger partial charge on any atom is 0.256 e. The molecule has 1 saturated heterocycles. The Labute approximate surface area is 236 Å². The molecule has 6 nitrogen and oxygen atoms in total. The number of nitrogens with zero attached hydrogens (tertiary/aromatic N) is 1. The van der Waals surface area contributed by atoms with Gasteiger partial charge in [-0.15, -0.1) is 0 Å². The van der Waals surface area contributed by atoms with Crippen LogP contribution in [0, 0.1) is 13.8 Å². The molecule has 2 aliphatic heterocycles. The molecule has 9 heteroatoms. The highest BCUT2D eigenvalue weighted by atomic mass is 35.5. The summed E-state index contributed by atoms with van der Waals surface area (Å²) in [6, 6.07) is 11.6. The van der Waals surface area contributed by atoms with Crippen LogP contribution in [-0.2, 0) is 27.9 Å². The van der Waals surface area contributed by atoms with Gasteiger partial charge in [-0.3, -0.25) is 13.9 Å². The molecular weight excluding hydrogens is 539 g/mol. The van der Waals surface area contributed by atoms with Crippen molar-refractivity contribution < 1.29 is 9.00 Å². The molecule has 0 spiro atoms. The summed E-state index contributed by atoms with van der Waals surface area (Å²) in [5, 5.41) is 7.50. The van der Waals surface area contributed by atoms with Crippen molar-refractivity contribution in [2.75, 3.05) is 18.4 Å². The zero-order valence-corrected chi connectivity index (χ0v) is 24.3. The van der Waals surface area contributed by atoms with E-state index < -0.39 is 10.8 Å². The third-order valence-corrected chi connectivity index (χ3v) is 9.35. The summed E-state index contributed by atoms with van der Waals surface area (Å²) in [6.07, 6.45) is 1.91. The van der Waals surface area contributed by atoms with Crippen molar-refractivity contribution >= 4 is 57.2 Å². The molecule has 1 aromatic heterocycles. The van der Waals surface area contributed by atoms with E-state index in [1.165, 1.54) is 5.56 Å². The Morgan fingerprint density at radius 3 is 2.42 bits per heavy atom. The van der Waals surface area contributed by atoms with Gasteiger partial charge in [0.25, 0.3) is 5.91 Å². The first-order valence-electron chi connectivity index (χ1n) is 12.8. The molecule has 1 fully saturated rings. The van der Waals surface area contributed by atoms with E-state index in [0.717, 1.165) is 42.1 Å². The highest BCUT2D eigenvalue weighted by molar-refractivity contribution is 7.84. The quantitative estimate of drug-likeness (QED) is 0.321. The minimum atomic E-state index is -1.39. The molecule has 1 unspecified atom stereocenters. The maximum atomic E-state index is 13.3. The van der Waals surface area contributed by atoms with Crippen LogP contribution in [0.4, 0.5) is 5.69 Å². The van der Waals surface area contributed by atoms with Gasteiger partial charge < -0.3 is 15.6 Å². The summed E-state index contributed by atoms with van der Waals surface area (Å²) < 4.78 is 13.3. The van der Waals surface area contributed by atoms with Gasteiger partial charge in [-0.2, -0.15) is 0 Å². The lowest BCUT2D eigenvalue weighted by atomic mass is 10.0. The van der Waals surface area contributed by atoms with E-state index in [4.69, 9.17) is 23.2 Å². The Hall–Kier alpha value is -2.42. The summed E-state index contributed by atoms with van der Waals surface area (Å²) in [5.74, 6) is 0.0225. The van der Waals surface area contributed by atoms with Crippen molar-refractivity contribution in [3.8, 4) is 0 Å². The number of hydrogen-bond donors (Lipinski definition) is 3. The number of fused-ring (bicyclic) bond motifs is 1. The van der Waals surface area contributed by atoms with E-state index >= 15 is 0 Å². The van der Waals surface area contributed by atoms with E-state index in [9.17, 15) is 9.00 Å². The van der Waals surface area contributed by atoms with Crippen molar-refractivity contribution in [3.05, 3.63) is 80.1 Å². The first-order valence-corrected chi connectivity index (χ1v) is 14.8. The Kier molecular flexibility index (Phi) is 7.85. The standard InChI is InChI=1S/C29H32Cl2N4O2S/c1-16-12-35(13-17(2)32-16)14-23-18(3)28(33-19(23)4)11-22-21-10-20(8-9-27(21)34-29(22)36)38(37)15-24-25(30)6-5-7-26(24)31/h5-11,16-17,32-33H,12-15H2,1-4H3,(H,34,36)/b22-11-/t16-,17+,38?. The number of rotatable bonds is 6. The van der Waals surface area contributed by atoms with Crippen LogP contribution < -0.4 is 10.6 Å². The molecule has 2 aliphatic rings. The van der Waals surface area contributed by atoms with Gasteiger partial charge in [-0.25, -0.2) is 0 Å². The van der Waals surface area contributed by atoms with Gasteiger partial charge in [0.05, 0.1) is 22.1 Å². The summed E-state index contributed by atoms with van der Waals surface area (Å²) in [7, 11) is -1.39. The zero-order valence-electron chi connectivity index (χ0n) is 22.0. The molecule has 0 radical (unpaired) electrons. The van der Waals surface area contributed by atoms with E-state index in [2.05, 4.69) is 48.2 Å².